The average Bonchev–Trinajstić information content (AvgIpc) is 3.19. The van der Waals surface area contributed by atoms with Gasteiger partial charge in [0.05, 0.1) is 0 Å². The van der Waals surface area contributed by atoms with Crippen LogP contribution in [0.4, 0.5) is 18.9 Å². The van der Waals surface area contributed by atoms with Crippen molar-refractivity contribution in [1.82, 2.24) is 0 Å². The first-order valence-corrected chi connectivity index (χ1v) is 6.71. The van der Waals surface area contributed by atoms with Crippen LogP contribution < -0.4 is 5.32 Å². The third-order valence-electron chi connectivity index (χ3n) is 3.36. The molecule has 1 aliphatic heterocycles. The zero-order chi connectivity index (χ0) is 15.3. The molecule has 3 rings (SSSR count). The molecule has 1 heterocycles. The minimum absolute atomic E-state index is 0.0394. The molecule has 1 saturated carbocycles. The first-order chi connectivity index (χ1) is 9.82. The van der Waals surface area contributed by atoms with Crippen molar-refractivity contribution < 1.29 is 23.0 Å². The van der Waals surface area contributed by atoms with Gasteiger partial charge in [-0.1, -0.05) is 23.4 Å². The summed E-state index contributed by atoms with van der Waals surface area (Å²) in [6.07, 6.45) is -5.04. The third kappa shape index (κ3) is 2.57. The molecule has 0 saturated heterocycles. The molecule has 1 aliphatic carbocycles. The molecule has 1 aromatic rings. The zero-order valence-electron chi connectivity index (χ0n) is 10.7. The highest BCUT2D eigenvalue weighted by Gasteiger charge is 2.60. The predicted molar refractivity (Wildman–Crippen MR) is 70.4 cm³/mol. The van der Waals surface area contributed by atoms with Crippen molar-refractivity contribution >= 4 is 17.3 Å². The van der Waals surface area contributed by atoms with Gasteiger partial charge in [-0.05, 0) is 31.0 Å². The van der Waals surface area contributed by atoms with E-state index in [1.54, 1.807) is 0 Å². The van der Waals surface area contributed by atoms with Crippen molar-refractivity contribution in [3.05, 3.63) is 28.8 Å². The Hall–Kier alpha value is -1.42. The van der Waals surface area contributed by atoms with E-state index in [2.05, 4.69) is 17.2 Å². The van der Waals surface area contributed by atoms with E-state index in [0.717, 1.165) is 18.9 Å². The van der Waals surface area contributed by atoms with Gasteiger partial charge in [-0.3, -0.25) is 0 Å². The average molecular weight is 318 g/mol. The minimum atomic E-state index is -4.81. The highest BCUT2D eigenvalue weighted by molar-refractivity contribution is 6.30. The molecule has 112 valence electrons. The Kier molecular flexibility index (Phi) is 3.32. The first kappa shape index (κ1) is 14.5. The fourth-order valence-corrected chi connectivity index (χ4v) is 2.32. The molecular formula is C14H11ClF3NO2. The van der Waals surface area contributed by atoms with Crippen LogP contribution in [0, 0.1) is 17.8 Å². The summed E-state index contributed by atoms with van der Waals surface area (Å²) >= 11 is 5.80. The number of hydrogen-bond acceptors (Lipinski definition) is 3. The maximum atomic E-state index is 13.6. The summed E-state index contributed by atoms with van der Waals surface area (Å²) in [5.41, 5.74) is -3.01. The third-order valence-corrected chi connectivity index (χ3v) is 3.59. The Morgan fingerprint density at radius 3 is 2.71 bits per heavy atom. The van der Waals surface area contributed by atoms with Gasteiger partial charge in [0.25, 0.3) is 5.60 Å². The van der Waals surface area contributed by atoms with Crippen LogP contribution >= 0.6 is 11.6 Å². The molecule has 1 fully saturated rings. The number of rotatable bonds is 0. The molecule has 0 radical (unpaired) electrons. The highest BCUT2D eigenvalue weighted by atomic mass is 35.5. The van der Waals surface area contributed by atoms with Crippen molar-refractivity contribution in [2.75, 3.05) is 5.32 Å². The Labute approximate surface area is 124 Å². The molecule has 21 heavy (non-hydrogen) atoms. The van der Waals surface area contributed by atoms with Crippen molar-refractivity contribution in [3.63, 3.8) is 0 Å². The smallest absolute Gasteiger partial charge is 0.351 e. The Bertz CT molecular complexity index is 633. The van der Waals surface area contributed by atoms with E-state index < -0.39 is 18.2 Å². The van der Waals surface area contributed by atoms with Crippen LogP contribution in [-0.2, 0) is 10.3 Å². The topological polar surface area (TPSA) is 41.5 Å². The molecule has 0 bridgehead atoms. The molecule has 1 aromatic carbocycles. The second kappa shape index (κ2) is 4.80. The first-order valence-electron chi connectivity index (χ1n) is 6.34. The van der Waals surface area contributed by atoms with Gasteiger partial charge in [0.2, 0.25) is 6.41 Å². The van der Waals surface area contributed by atoms with Gasteiger partial charge in [0, 0.05) is 22.2 Å². The maximum absolute atomic E-state index is 13.6. The molecule has 0 amide bonds. The number of fused-ring (bicyclic) bond motifs is 1. The monoisotopic (exact) mass is 317 g/mol. The molecule has 0 spiro atoms. The summed E-state index contributed by atoms with van der Waals surface area (Å²) in [4.78, 5) is 0. The van der Waals surface area contributed by atoms with E-state index in [4.69, 9.17) is 16.3 Å². The fraction of sp³-hybridized carbons (Fsp3) is 0.429. The van der Waals surface area contributed by atoms with Crippen molar-refractivity contribution in [3.8, 4) is 11.8 Å². The van der Waals surface area contributed by atoms with Gasteiger partial charge in [-0.15, -0.1) is 0 Å². The van der Waals surface area contributed by atoms with Crippen molar-refractivity contribution in [1.29, 1.82) is 0 Å². The van der Waals surface area contributed by atoms with Gasteiger partial charge in [0.1, 0.15) is 0 Å². The summed E-state index contributed by atoms with van der Waals surface area (Å²) in [5, 5.41) is 12.1. The number of aliphatic hydroxyl groups excluding tert-OH is 1. The van der Waals surface area contributed by atoms with E-state index in [0.29, 0.717) is 0 Å². The number of aliphatic hydroxyl groups is 1. The summed E-state index contributed by atoms with van der Waals surface area (Å²) in [6, 6.07) is 3.95. The Morgan fingerprint density at radius 1 is 1.38 bits per heavy atom. The van der Waals surface area contributed by atoms with Crippen LogP contribution in [-0.4, -0.2) is 17.7 Å². The van der Waals surface area contributed by atoms with Gasteiger partial charge in [-0.25, -0.2) is 0 Å². The van der Waals surface area contributed by atoms with Gasteiger partial charge in [-0.2, -0.15) is 13.2 Å². The SMILES string of the molecule is OC1Nc2ccc(Cl)cc2C(C#CC2CC2)(C(F)(F)F)O1. The van der Waals surface area contributed by atoms with E-state index in [-0.39, 0.29) is 22.2 Å². The molecule has 0 aromatic heterocycles. The molecule has 3 nitrogen and oxygen atoms in total. The number of alkyl halides is 3. The summed E-state index contributed by atoms with van der Waals surface area (Å²) in [5.74, 6) is 4.73. The predicted octanol–water partition coefficient (Wildman–Crippen LogP) is 3.23. The van der Waals surface area contributed by atoms with Crippen LogP contribution in [0.5, 0.6) is 0 Å². The number of benzene rings is 1. The summed E-state index contributed by atoms with van der Waals surface area (Å²) in [6.45, 7) is 0. The largest absolute Gasteiger partial charge is 0.433 e. The molecule has 2 unspecified atom stereocenters. The fourth-order valence-electron chi connectivity index (χ4n) is 2.15. The lowest BCUT2D eigenvalue weighted by molar-refractivity contribution is -0.298. The molecule has 7 heteroatoms. The van der Waals surface area contributed by atoms with Gasteiger partial charge < -0.3 is 15.2 Å². The molecule has 2 atom stereocenters. The van der Waals surface area contributed by atoms with Crippen LogP contribution in [0.25, 0.3) is 0 Å². The number of halogens is 4. The number of hydrogen-bond donors (Lipinski definition) is 2. The molecular weight excluding hydrogens is 307 g/mol. The van der Waals surface area contributed by atoms with Gasteiger partial charge in [0.15, 0.2) is 0 Å². The molecule has 2 aliphatic rings. The number of ether oxygens (including phenoxy) is 1. The molecule has 2 N–H and O–H groups in total. The quantitative estimate of drug-likeness (QED) is 0.722. The van der Waals surface area contributed by atoms with Crippen molar-refractivity contribution in [2.45, 2.75) is 31.0 Å². The van der Waals surface area contributed by atoms with E-state index in [1.807, 2.05) is 0 Å². The van der Waals surface area contributed by atoms with Crippen LogP contribution in [0.15, 0.2) is 18.2 Å². The number of nitrogens with one attached hydrogen (secondary N) is 1. The van der Waals surface area contributed by atoms with Gasteiger partial charge >= 0.3 is 6.18 Å². The standard InChI is InChI=1S/C14H11ClF3NO2/c15-9-3-4-11-10(7-9)13(14(16,17)18,21-12(20)19-11)6-5-8-1-2-8/h3-4,7-8,12,19-20H,1-2H2. The lowest BCUT2D eigenvalue weighted by Gasteiger charge is -2.39. The Morgan fingerprint density at radius 2 is 2.10 bits per heavy atom. The van der Waals surface area contributed by atoms with Crippen LogP contribution in [0.1, 0.15) is 18.4 Å². The van der Waals surface area contributed by atoms with Crippen LogP contribution in [0.3, 0.4) is 0 Å². The normalized spacial score (nSPS) is 28.1. The zero-order valence-corrected chi connectivity index (χ0v) is 11.4. The number of anilines is 1. The minimum Gasteiger partial charge on any atom is -0.351 e. The summed E-state index contributed by atoms with van der Waals surface area (Å²) in [7, 11) is 0. The van der Waals surface area contributed by atoms with E-state index in [9.17, 15) is 18.3 Å². The van der Waals surface area contributed by atoms with E-state index in [1.165, 1.54) is 12.1 Å². The van der Waals surface area contributed by atoms with Crippen molar-refractivity contribution in [2.24, 2.45) is 5.92 Å². The summed E-state index contributed by atoms with van der Waals surface area (Å²) < 4.78 is 45.7. The van der Waals surface area contributed by atoms with Crippen LogP contribution in [0.2, 0.25) is 5.02 Å². The highest BCUT2D eigenvalue weighted by Crippen LogP contribution is 2.48. The second-order valence-electron chi connectivity index (χ2n) is 5.03. The lowest BCUT2D eigenvalue weighted by Crippen LogP contribution is -2.51. The lowest BCUT2D eigenvalue weighted by atomic mass is 9.90. The Balaban J connectivity index is 2.19. The maximum Gasteiger partial charge on any atom is 0.433 e. The van der Waals surface area contributed by atoms with E-state index >= 15 is 0 Å². The second-order valence-corrected chi connectivity index (χ2v) is 5.46.